The predicted molar refractivity (Wildman–Crippen MR) is 84.9 cm³/mol. The molecule has 1 spiro atoms. The third-order valence-electron chi connectivity index (χ3n) is 5.45. The third kappa shape index (κ3) is 2.34. The summed E-state index contributed by atoms with van der Waals surface area (Å²) in [5.41, 5.74) is 0.235. The Bertz CT molecular complexity index is 578. The maximum absolute atomic E-state index is 12.4. The van der Waals surface area contributed by atoms with E-state index in [4.69, 9.17) is 0 Å². The molecule has 0 bridgehead atoms. The van der Waals surface area contributed by atoms with Crippen molar-refractivity contribution >= 4 is 23.2 Å². The van der Waals surface area contributed by atoms with Gasteiger partial charge in [-0.25, -0.2) is 0 Å². The fourth-order valence-corrected chi connectivity index (χ4v) is 4.87. The number of piperazine rings is 1. The second-order valence-electron chi connectivity index (χ2n) is 6.75. The molecular formula is C16H21N3O2S. The summed E-state index contributed by atoms with van der Waals surface area (Å²) < 4.78 is 0. The van der Waals surface area contributed by atoms with Crippen molar-refractivity contribution in [3.63, 3.8) is 0 Å². The highest BCUT2D eigenvalue weighted by molar-refractivity contribution is 7.12. The van der Waals surface area contributed by atoms with Crippen LogP contribution in [-0.4, -0.2) is 60.4 Å². The average molecular weight is 319 g/mol. The van der Waals surface area contributed by atoms with Crippen LogP contribution in [0.25, 0.3) is 0 Å². The van der Waals surface area contributed by atoms with Gasteiger partial charge in [-0.3, -0.25) is 14.5 Å². The Morgan fingerprint density at radius 3 is 2.82 bits per heavy atom. The zero-order valence-electron chi connectivity index (χ0n) is 12.6. The normalized spacial score (nSPS) is 27.7. The lowest BCUT2D eigenvalue weighted by Crippen LogP contribution is -2.52. The standard InChI is InChI=1S/C16H21N3O2S/c20-14-12-10-16(11-19(12)8-5-17-14)3-6-18(7-4-16)15(21)13-2-1-9-22-13/h1-2,9,12H,3-8,10-11H2,(H,17,20). The van der Waals surface area contributed by atoms with E-state index in [1.54, 1.807) is 0 Å². The number of hydrogen-bond donors (Lipinski definition) is 1. The predicted octanol–water partition coefficient (Wildman–Crippen LogP) is 1.17. The van der Waals surface area contributed by atoms with Gasteiger partial charge in [0, 0.05) is 32.7 Å². The van der Waals surface area contributed by atoms with E-state index in [1.165, 1.54) is 11.3 Å². The van der Waals surface area contributed by atoms with Crippen LogP contribution in [-0.2, 0) is 4.79 Å². The number of nitrogens with zero attached hydrogens (tertiary/aromatic N) is 2. The molecule has 1 aromatic rings. The van der Waals surface area contributed by atoms with E-state index in [0.29, 0.717) is 0 Å². The summed E-state index contributed by atoms with van der Waals surface area (Å²) in [5.74, 6) is 0.360. The number of hydrogen-bond acceptors (Lipinski definition) is 4. The van der Waals surface area contributed by atoms with Crippen LogP contribution in [0.15, 0.2) is 17.5 Å². The Balaban J connectivity index is 1.42. The van der Waals surface area contributed by atoms with E-state index < -0.39 is 0 Å². The number of piperidine rings is 1. The van der Waals surface area contributed by atoms with Gasteiger partial charge >= 0.3 is 0 Å². The van der Waals surface area contributed by atoms with Gasteiger partial charge in [0.25, 0.3) is 5.91 Å². The molecule has 0 aromatic carbocycles. The van der Waals surface area contributed by atoms with Gasteiger partial charge in [0.2, 0.25) is 5.91 Å². The molecule has 3 saturated heterocycles. The van der Waals surface area contributed by atoms with E-state index in [2.05, 4.69) is 10.2 Å². The highest BCUT2D eigenvalue weighted by atomic mass is 32.1. The monoisotopic (exact) mass is 319 g/mol. The number of nitrogens with one attached hydrogen (secondary N) is 1. The van der Waals surface area contributed by atoms with Crippen molar-refractivity contribution in [1.29, 1.82) is 0 Å². The summed E-state index contributed by atoms with van der Waals surface area (Å²) in [4.78, 5) is 29.6. The van der Waals surface area contributed by atoms with E-state index in [-0.39, 0.29) is 23.3 Å². The van der Waals surface area contributed by atoms with Crippen LogP contribution in [0.2, 0.25) is 0 Å². The van der Waals surface area contributed by atoms with Gasteiger partial charge in [-0.2, -0.15) is 0 Å². The minimum absolute atomic E-state index is 0.0632. The van der Waals surface area contributed by atoms with Crippen molar-refractivity contribution in [3.8, 4) is 0 Å². The summed E-state index contributed by atoms with van der Waals surface area (Å²) in [7, 11) is 0. The van der Waals surface area contributed by atoms with Crippen LogP contribution < -0.4 is 5.32 Å². The molecule has 1 atom stereocenters. The first-order valence-corrected chi connectivity index (χ1v) is 8.89. The van der Waals surface area contributed by atoms with E-state index in [0.717, 1.165) is 56.9 Å². The van der Waals surface area contributed by atoms with Crippen LogP contribution in [0.4, 0.5) is 0 Å². The molecular weight excluding hydrogens is 298 g/mol. The Labute approximate surface area is 134 Å². The van der Waals surface area contributed by atoms with Crippen molar-refractivity contribution in [2.75, 3.05) is 32.7 Å². The van der Waals surface area contributed by atoms with Gasteiger partial charge in [0.1, 0.15) is 0 Å². The number of thiophene rings is 1. The van der Waals surface area contributed by atoms with Crippen molar-refractivity contribution < 1.29 is 9.59 Å². The van der Waals surface area contributed by atoms with E-state index in [9.17, 15) is 9.59 Å². The number of carbonyl (C=O) groups excluding carboxylic acids is 2. The molecule has 3 fully saturated rings. The molecule has 1 aromatic heterocycles. The Hall–Kier alpha value is -1.40. The lowest BCUT2D eigenvalue weighted by molar-refractivity contribution is -0.127. The van der Waals surface area contributed by atoms with Crippen LogP contribution in [0.5, 0.6) is 0 Å². The summed E-state index contributed by atoms with van der Waals surface area (Å²) >= 11 is 1.51. The van der Waals surface area contributed by atoms with Gasteiger partial charge in [0.15, 0.2) is 0 Å². The maximum atomic E-state index is 12.4. The molecule has 5 nitrogen and oxygen atoms in total. The first kappa shape index (κ1) is 14.2. The second kappa shape index (κ2) is 5.35. The van der Waals surface area contributed by atoms with Crippen molar-refractivity contribution in [2.24, 2.45) is 5.41 Å². The zero-order valence-corrected chi connectivity index (χ0v) is 13.4. The Morgan fingerprint density at radius 1 is 1.32 bits per heavy atom. The fourth-order valence-electron chi connectivity index (χ4n) is 4.18. The molecule has 1 N–H and O–H groups in total. The number of likely N-dealkylation sites (tertiary alicyclic amines) is 1. The van der Waals surface area contributed by atoms with Gasteiger partial charge in [-0.1, -0.05) is 6.07 Å². The molecule has 2 amide bonds. The fraction of sp³-hybridized carbons (Fsp3) is 0.625. The molecule has 22 heavy (non-hydrogen) atoms. The number of amides is 2. The molecule has 0 aliphatic carbocycles. The second-order valence-corrected chi connectivity index (χ2v) is 7.70. The maximum Gasteiger partial charge on any atom is 0.263 e. The van der Waals surface area contributed by atoms with Gasteiger partial charge in [-0.05, 0) is 36.1 Å². The van der Waals surface area contributed by atoms with Crippen LogP contribution in [0.3, 0.4) is 0 Å². The zero-order chi connectivity index (χ0) is 15.2. The van der Waals surface area contributed by atoms with Crippen LogP contribution >= 0.6 is 11.3 Å². The van der Waals surface area contributed by atoms with Crippen molar-refractivity contribution in [3.05, 3.63) is 22.4 Å². The van der Waals surface area contributed by atoms with E-state index in [1.807, 2.05) is 22.4 Å². The Kier molecular flexibility index (Phi) is 3.46. The highest BCUT2D eigenvalue weighted by Gasteiger charge is 2.49. The van der Waals surface area contributed by atoms with Gasteiger partial charge in [-0.15, -0.1) is 11.3 Å². The number of rotatable bonds is 1. The Morgan fingerprint density at radius 2 is 2.14 bits per heavy atom. The number of fused-ring (bicyclic) bond motifs is 1. The highest BCUT2D eigenvalue weighted by Crippen LogP contribution is 2.44. The van der Waals surface area contributed by atoms with Gasteiger partial charge < -0.3 is 10.2 Å². The third-order valence-corrected chi connectivity index (χ3v) is 6.31. The van der Waals surface area contributed by atoms with Crippen molar-refractivity contribution in [1.82, 2.24) is 15.1 Å². The molecule has 1 unspecified atom stereocenters. The molecule has 6 heteroatoms. The summed E-state index contributed by atoms with van der Waals surface area (Å²) in [6.45, 7) is 4.40. The molecule has 0 saturated carbocycles. The minimum Gasteiger partial charge on any atom is -0.353 e. The first-order chi connectivity index (χ1) is 10.7. The quantitative estimate of drug-likeness (QED) is 0.845. The minimum atomic E-state index is 0.0632. The molecule has 0 radical (unpaired) electrons. The lowest BCUT2D eigenvalue weighted by Gasteiger charge is -2.39. The molecule has 3 aliphatic rings. The SMILES string of the molecule is O=C1NCCN2CC3(CCN(C(=O)c4cccs4)CC3)CC12. The van der Waals surface area contributed by atoms with Crippen LogP contribution in [0.1, 0.15) is 28.9 Å². The summed E-state index contributed by atoms with van der Waals surface area (Å²) in [6.07, 6.45) is 2.99. The van der Waals surface area contributed by atoms with Crippen molar-refractivity contribution in [2.45, 2.75) is 25.3 Å². The topological polar surface area (TPSA) is 52.7 Å². The summed E-state index contributed by atoms with van der Waals surface area (Å²) in [6, 6.07) is 3.89. The summed E-state index contributed by atoms with van der Waals surface area (Å²) in [5, 5.41) is 4.93. The molecule has 3 aliphatic heterocycles. The molecule has 118 valence electrons. The largest absolute Gasteiger partial charge is 0.353 e. The number of carbonyl (C=O) groups is 2. The lowest BCUT2D eigenvalue weighted by atomic mass is 9.76. The average Bonchev–Trinajstić information content (AvgIpc) is 3.16. The molecule has 4 rings (SSSR count). The first-order valence-electron chi connectivity index (χ1n) is 8.01. The van der Waals surface area contributed by atoms with E-state index >= 15 is 0 Å². The van der Waals surface area contributed by atoms with Gasteiger partial charge in [0.05, 0.1) is 10.9 Å². The molecule has 4 heterocycles. The smallest absolute Gasteiger partial charge is 0.263 e. The van der Waals surface area contributed by atoms with Crippen LogP contribution in [0, 0.1) is 5.41 Å².